The van der Waals surface area contributed by atoms with E-state index in [-0.39, 0.29) is 12.4 Å². The molecule has 0 atom stereocenters. The average Bonchev–Trinajstić information content (AvgIpc) is 3.43. The molecule has 9 heteroatoms. The van der Waals surface area contributed by atoms with Crippen LogP contribution in [0.4, 0.5) is 11.1 Å². The third kappa shape index (κ3) is 5.57. The summed E-state index contributed by atoms with van der Waals surface area (Å²) in [6, 6.07) is 11.6. The number of piperidine rings is 1. The summed E-state index contributed by atoms with van der Waals surface area (Å²) in [7, 11) is 0. The second-order valence-electron chi connectivity index (χ2n) is 9.54. The van der Waals surface area contributed by atoms with Crippen molar-refractivity contribution in [1.29, 1.82) is 0 Å². The Kier molecular flexibility index (Phi) is 7.86. The van der Waals surface area contributed by atoms with E-state index in [9.17, 15) is 4.79 Å². The van der Waals surface area contributed by atoms with Crippen molar-refractivity contribution < 1.29 is 9.90 Å². The molecule has 1 fully saturated rings. The number of likely N-dealkylation sites (tertiary alicyclic amines) is 1. The summed E-state index contributed by atoms with van der Waals surface area (Å²) in [5, 5.41) is 14.0. The molecule has 2 N–H and O–H groups in total. The van der Waals surface area contributed by atoms with Crippen LogP contribution in [-0.4, -0.2) is 56.6 Å². The number of carbonyl (C=O) groups excluding carboxylic acids is 1. The van der Waals surface area contributed by atoms with Crippen molar-refractivity contribution in [2.45, 2.75) is 45.6 Å². The van der Waals surface area contributed by atoms with Crippen molar-refractivity contribution in [3.63, 3.8) is 0 Å². The minimum atomic E-state index is 0.179. The highest BCUT2D eigenvalue weighted by atomic mass is 35.5. The molecule has 0 spiro atoms. The van der Waals surface area contributed by atoms with E-state index in [2.05, 4.69) is 21.7 Å². The van der Waals surface area contributed by atoms with Gasteiger partial charge < -0.3 is 19.9 Å². The molecule has 1 aliphatic heterocycles. The molecule has 3 heterocycles. The SMILES string of the molecule is CCCCn1c(Nc2nc3ccc(Cl)cc3s2)nc2cc(C(=O)CC3CCN(CCO)CC3)ccc21. The molecule has 7 nitrogen and oxygen atoms in total. The van der Waals surface area contributed by atoms with E-state index < -0.39 is 0 Å². The number of Topliss-reactive ketones (excluding diaryl/α,β-unsaturated/α-hetero) is 1. The molecule has 0 bridgehead atoms. The number of rotatable bonds is 10. The number of aliphatic hydroxyl groups excluding tert-OH is 1. The summed E-state index contributed by atoms with van der Waals surface area (Å²) in [5.41, 5.74) is 3.46. The number of hydrogen-bond acceptors (Lipinski definition) is 7. The Morgan fingerprint density at radius 3 is 2.75 bits per heavy atom. The number of β-amino-alcohol motifs (C(OH)–C–C–N with tert-alkyl or cyclic N) is 1. The van der Waals surface area contributed by atoms with Gasteiger partial charge >= 0.3 is 0 Å². The van der Waals surface area contributed by atoms with Crippen LogP contribution in [0.1, 0.15) is 49.4 Å². The molecule has 1 aliphatic rings. The van der Waals surface area contributed by atoms with Crippen LogP contribution in [0.2, 0.25) is 5.02 Å². The summed E-state index contributed by atoms with van der Waals surface area (Å²) in [4.78, 5) is 25.0. The Morgan fingerprint density at radius 1 is 1.14 bits per heavy atom. The fourth-order valence-corrected chi connectivity index (χ4v) is 6.06. The van der Waals surface area contributed by atoms with Gasteiger partial charge in [0.05, 0.1) is 27.9 Å². The first kappa shape index (κ1) is 25.1. The lowest BCUT2D eigenvalue weighted by atomic mass is 9.90. The van der Waals surface area contributed by atoms with Crippen molar-refractivity contribution in [1.82, 2.24) is 19.4 Å². The van der Waals surface area contributed by atoms with E-state index in [1.54, 1.807) is 11.3 Å². The molecule has 0 radical (unpaired) electrons. The number of ketones is 1. The number of benzene rings is 2. The Labute approximate surface area is 220 Å². The molecule has 0 aliphatic carbocycles. The first-order valence-electron chi connectivity index (χ1n) is 12.7. The van der Waals surface area contributed by atoms with Crippen molar-refractivity contribution in [3.05, 3.63) is 47.0 Å². The van der Waals surface area contributed by atoms with Gasteiger partial charge in [-0.25, -0.2) is 9.97 Å². The van der Waals surface area contributed by atoms with Crippen LogP contribution in [0.15, 0.2) is 36.4 Å². The predicted octanol–water partition coefficient (Wildman–Crippen LogP) is 6.12. The number of nitrogens with zero attached hydrogens (tertiary/aromatic N) is 4. The van der Waals surface area contributed by atoms with Crippen LogP contribution in [0, 0.1) is 5.92 Å². The summed E-state index contributed by atoms with van der Waals surface area (Å²) in [5.74, 6) is 1.32. The maximum Gasteiger partial charge on any atom is 0.210 e. The number of nitrogens with one attached hydrogen (secondary N) is 1. The van der Waals surface area contributed by atoms with E-state index in [0.29, 0.717) is 17.4 Å². The lowest BCUT2D eigenvalue weighted by molar-refractivity contribution is 0.0916. The van der Waals surface area contributed by atoms with Crippen LogP contribution in [0.25, 0.3) is 21.3 Å². The van der Waals surface area contributed by atoms with E-state index in [4.69, 9.17) is 26.7 Å². The van der Waals surface area contributed by atoms with Gasteiger partial charge in [0.25, 0.3) is 0 Å². The molecule has 2 aromatic heterocycles. The number of aliphatic hydroxyl groups is 1. The number of halogens is 1. The molecule has 0 saturated carbocycles. The summed E-state index contributed by atoms with van der Waals surface area (Å²) >= 11 is 7.70. The lowest BCUT2D eigenvalue weighted by Crippen LogP contribution is -2.36. The van der Waals surface area contributed by atoms with Crippen molar-refractivity contribution in [2.75, 3.05) is 31.6 Å². The van der Waals surface area contributed by atoms with Gasteiger partial charge in [-0.05, 0) is 74.7 Å². The number of aromatic nitrogens is 3. The molecule has 4 aromatic rings. The highest BCUT2D eigenvalue weighted by molar-refractivity contribution is 7.22. The van der Waals surface area contributed by atoms with Crippen molar-refractivity contribution in [3.8, 4) is 0 Å². The smallest absolute Gasteiger partial charge is 0.210 e. The number of hydrogen-bond donors (Lipinski definition) is 2. The topological polar surface area (TPSA) is 83.3 Å². The number of imidazole rings is 1. The maximum atomic E-state index is 13.1. The normalized spacial score (nSPS) is 15.2. The number of aryl methyl sites for hydroxylation is 1. The quantitative estimate of drug-likeness (QED) is 0.243. The minimum Gasteiger partial charge on any atom is -0.395 e. The standard InChI is InChI=1S/C27H32ClN5O2S/c1-2-3-10-33-23-7-4-19(24(35)15-18-8-11-32(12-9-18)13-14-34)16-22(23)29-26(33)31-27-30-21-6-5-20(28)17-25(21)36-27/h4-7,16-18,34H,2-3,8-15H2,1H3,(H,29,30,31). The highest BCUT2D eigenvalue weighted by Gasteiger charge is 2.22. The van der Waals surface area contributed by atoms with Gasteiger partial charge in [0.1, 0.15) is 0 Å². The van der Waals surface area contributed by atoms with Crippen LogP contribution in [-0.2, 0) is 6.54 Å². The zero-order chi connectivity index (χ0) is 25.1. The molecule has 0 unspecified atom stereocenters. The summed E-state index contributed by atoms with van der Waals surface area (Å²) < 4.78 is 3.21. The van der Waals surface area contributed by atoms with Crippen LogP contribution in [0.3, 0.4) is 0 Å². The van der Waals surface area contributed by atoms with Gasteiger partial charge in [0, 0.05) is 30.1 Å². The molecule has 0 amide bonds. The lowest BCUT2D eigenvalue weighted by Gasteiger charge is -2.31. The Balaban J connectivity index is 1.36. The monoisotopic (exact) mass is 525 g/mol. The van der Waals surface area contributed by atoms with Crippen LogP contribution in [0.5, 0.6) is 0 Å². The second kappa shape index (κ2) is 11.3. The molecule has 2 aromatic carbocycles. The van der Waals surface area contributed by atoms with Gasteiger partial charge in [-0.3, -0.25) is 4.79 Å². The number of thiazole rings is 1. The molecule has 36 heavy (non-hydrogen) atoms. The maximum absolute atomic E-state index is 13.1. The summed E-state index contributed by atoms with van der Waals surface area (Å²) in [6.45, 7) is 5.83. The van der Waals surface area contributed by atoms with Crippen LogP contribution >= 0.6 is 22.9 Å². The van der Waals surface area contributed by atoms with E-state index >= 15 is 0 Å². The minimum absolute atomic E-state index is 0.179. The highest BCUT2D eigenvalue weighted by Crippen LogP contribution is 2.32. The second-order valence-corrected chi connectivity index (χ2v) is 11.0. The zero-order valence-corrected chi connectivity index (χ0v) is 22.1. The fourth-order valence-electron chi connectivity index (χ4n) is 4.92. The fraction of sp³-hybridized carbons (Fsp3) is 0.444. The summed E-state index contributed by atoms with van der Waals surface area (Å²) in [6.07, 6.45) is 4.67. The number of carbonyl (C=O) groups is 1. The van der Waals surface area contributed by atoms with Crippen molar-refractivity contribution in [2.24, 2.45) is 5.92 Å². The van der Waals surface area contributed by atoms with Gasteiger partial charge in [-0.2, -0.15) is 0 Å². The molecular weight excluding hydrogens is 494 g/mol. The van der Waals surface area contributed by atoms with Crippen molar-refractivity contribution >= 4 is 61.1 Å². The first-order valence-corrected chi connectivity index (χ1v) is 13.9. The Hall–Kier alpha value is -2.52. The van der Waals surface area contributed by atoms with Crippen LogP contribution < -0.4 is 5.32 Å². The third-order valence-electron chi connectivity index (χ3n) is 6.97. The van der Waals surface area contributed by atoms with Gasteiger partial charge in [-0.15, -0.1) is 0 Å². The third-order valence-corrected chi connectivity index (χ3v) is 8.14. The first-order chi connectivity index (χ1) is 17.5. The molecule has 1 saturated heterocycles. The number of anilines is 2. The van der Waals surface area contributed by atoms with E-state index in [1.807, 2.05) is 36.4 Å². The van der Waals surface area contributed by atoms with E-state index in [0.717, 1.165) is 89.8 Å². The average molecular weight is 526 g/mol. The Bertz CT molecular complexity index is 1360. The Morgan fingerprint density at radius 2 is 1.97 bits per heavy atom. The molecule has 190 valence electrons. The predicted molar refractivity (Wildman–Crippen MR) is 148 cm³/mol. The largest absolute Gasteiger partial charge is 0.395 e. The van der Waals surface area contributed by atoms with Gasteiger partial charge in [0.15, 0.2) is 10.9 Å². The van der Waals surface area contributed by atoms with Gasteiger partial charge in [0.2, 0.25) is 5.95 Å². The van der Waals surface area contributed by atoms with E-state index in [1.165, 1.54) is 0 Å². The number of unbranched alkanes of at least 4 members (excludes halogenated alkanes) is 1. The number of fused-ring (bicyclic) bond motifs is 2. The molecule has 5 rings (SSSR count). The van der Waals surface area contributed by atoms with Gasteiger partial charge in [-0.1, -0.05) is 36.3 Å². The zero-order valence-electron chi connectivity index (χ0n) is 20.5. The molecular formula is C27H32ClN5O2S.